The van der Waals surface area contributed by atoms with Gasteiger partial charge in [0.15, 0.2) is 0 Å². The lowest BCUT2D eigenvalue weighted by molar-refractivity contribution is 0.140. The molecule has 0 aliphatic carbocycles. The van der Waals surface area contributed by atoms with Crippen LogP contribution in [-0.4, -0.2) is 26.2 Å². The minimum absolute atomic E-state index is 0.0727. The van der Waals surface area contributed by atoms with Crippen LogP contribution in [0.5, 0.6) is 5.75 Å². The Balaban J connectivity index is 1.75. The first-order chi connectivity index (χ1) is 11.3. The van der Waals surface area contributed by atoms with Crippen molar-refractivity contribution in [3.8, 4) is 5.75 Å². The molecule has 7 nitrogen and oxygen atoms in total. The number of ether oxygens (including phenoxy) is 1. The molecular formula is C15H13ClN2O5S. The highest BCUT2D eigenvalue weighted by Crippen LogP contribution is 2.33. The Bertz CT molecular complexity index is 883. The van der Waals surface area contributed by atoms with Gasteiger partial charge >= 0.3 is 6.03 Å². The third kappa shape index (κ3) is 3.45. The zero-order chi connectivity index (χ0) is 17.3. The third-order valence-electron chi connectivity index (χ3n) is 3.38. The zero-order valence-electron chi connectivity index (χ0n) is 12.2. The van der Waals surface area contributed by atoms with Crippen LogP contribution in [0.4, 0.5) is 10.5 Å². The van der Waals surface area contributed by atoms with Crippen LogP contribution in [0.15, 0.2) is 47.4 Å². The fourth-order valence-electron chi connectivity index (χ4n) is 2.21. The van der Waals surface area contributed by atoms with E-state index >= 15 is 0 Å². The molecule has 0 bridgehead atoms. The highest BCUT2D eigenvalue weighted by Gasteiger charge is 2.26. The molecule has 1 aliphatic heterocycles. The van der Waals surface area contributed by atoms with Crippen molar-refractivity contribution in [2.45, 2.75) is 11.0 Å². The van der Waals surface area contributed by atoms with Crippen molar-refractivity contribution in [3.63, 3.8) is 0 Å². The molecule has 2 amide bonds. The Morgan fingerprint density at radius 3 is 2.62 bits per heavy atom. The molecule has 1 atom stereocenters. The summed E-state index contributed by atoms with van der Waals surface area (Å²) < 4.78 is 31.7. The van der Waals surface area contributed by atoms with E-state index in [2.05, 4.69) is 5.32 Å². The largest absolute Gasteiger partial charge is 0.490 e. The van der Waals surface area contributed by atoms with Gasteiger partial charge in [-0.25, -0.2) is 17.9 Å². The van der Waals surface area contributed by atoms with E-state index in [9.17, 15) is 18.3 Å². The lowest BCUT2D eigenvalue weighted by Gasteiger charge is -2.10. The van der Waals surface area contributed by atoms with Crippen molar-refractivity contribution in [3.05, 3.63) is 53.1 Å². The summed E-state index contributed by atoms with van der Waals surface area (Å²) in [6.07, 6.45) is -0.891. The lowest BCUT2D eigenvalue weighted by Crippen LogP contribution is -2.34. The monoisotopic (exact) mass is 368 g/mol. The molecule has 9 heteroatoms. The number of halogens is 1. The summed E-state index contributed by atoms with van der Waals surface area (Å²) in [5.41, 5.74) is 0.765. The molecule has 1 aliphatic rings. The SMILES string of the molecule is O=C(Nc1ccc(Cl)cc1)NS(=O)(=O)c1ccc2c(c1)C(O)CO2. The van der Waals surface area contributed by atoms with Crippen LogP contribution in [0.1, 0.15) is 11.7 Å². The van der Waals surface area contributed by atoms with Gasteiger partial charge in [0.05, 0.1) is 4.90 Å². The van der Waals surface area contributed by atoms with Gasteiger partial charge in [-0.3, -0.25) is 0 Å². The van der Waals surface area contributed by atoms with Gasteiger partial charge < -0.3 is 15.2 Å². The van der Waals surface area contributed by atoms with Crippen LogP contribution in [0, 0.1) is 0 Å². The molecule has 2 aromatic rings. The van der Waals surface area contributed by atoms with Gasteiger partial charge in [-0.05, 0) is 42.5 Å². The van der Waals surface area contributed by atoms with Gasteiger partial charge in [-0.1, -0.05) is 11.6 Å². The number of hydrogen-bond donors (Lipinski definition) is 3. The molecular weight excluding hydrogens is 356 g/mol. The number of anilines is 1. The first-order valence-corrected chi connectivity index (χ1v) is 8.75. The second kappa shape index (κ2) is 6.31. The van der Waals surface area contributed by atoms with Crippen LogP contribution in [0.25, 0.3) is 0 Å². The van der Waals surface area contributed by atoms with Crippen LogP contribution in [0.2, 0.25) is 5.02 Å². The summed E-state index contributed by atoms with van der Waals surface area (Å²) >= 11 is 5.74. The zero-order valence-corrected chi connectivity index (χ0v) is 13.8. The molecule has 0 spiro atoms. The van der Waals surface area contributed by atoms with E-state index in [1.807, 2.05) is 4.72 Å². The lowest BCUT2D eigenvalue weighted by atomic mass is 10.1. The average Bonchev–Trinajstić information content (AvgIpc) is 2.90. The Kier molecular flexibility index (Phi) is 4.35. The number of urea groups is 1. The molecule has 3 N–H and O–H groups in total. The summed E-state index contributed by atoms with van der Waals surface area (Å²) in [5, 5.41) is 12.6. The van der Waals surface area contributed by atoms with E-state index in [0.717, 1.165) is 0 Å². The normalized spacial score (nSPS) is 16.2. The number of fused-ring (bicyclic) bond motifs is 1. The van der Waals surface area contributed by atoms with Crippen LogP contribution in [0.3, 0.4) is 0 Å². The molecule has 0 aromatic heterocycles. The van der Waals surface area contributed by atoms with E-state index in [-0.39, 0.29) is 11.5 Å². The third-order valence-corrected chi connectivity index (χ3v) is 4.96. The second-order valence-electron chi connectivity index (χ2n) is 5.09. The predicted molar refractivity (Wildman–Crippen MR) is 87.7 cm³/mol. The molecule has 24 heavy (non-hydrogen) atoms. The Morgan fingerprint density at radius 2 is 1.92 bits per heavy atom. The number of amides is 2. The fraction of sp³-hybridized carbons (Fsp3) is 0.133. The number of sulfonamides is 1. The smallest absolute Gasteiger partial charge is 0.333 e. The van der Waals surface area contributed by atoms with E-state index < -0.39 is 22.2 Å². The van der Waals surface area contributed by atoms with Crippen molar-refractivity contribution in [1.29, 1.82) is 0 Å². The Hall–Kier alpha value is -2.29. The van der Waals surface area contributed by atoms with Gasteiger partial charge in [0.1, 0.15) is 18.5 Å². The van der Waals surface area contributed by atoms with Gasteiger partial charge in [-0.15, -0.1) is 0 Å². The number of nitrogens with one attached hydrogen (secondary N) is 2. The van der Waals surface area contributed by atoms with Gasteiger partial charge in [0.2, 0.25) is 0 Å². The molecule has 1 unspecified atom stereocenters. The topological polar surface area (TPSA) is 105 Å². The minimum atomic E-state index is -4.09. The maximum absolute atomic E-state index is 12.3. The Labute approximate surface area is 143 Å². The highest BCUT2D eigenvalue weighted by molar-refractivity contribution is 7.90. The van der Waals surface area contributed by atoms with Crippen LogP contribution in [-0.2, 0) is 10.0 Å². The van der Waals surface area contributed by atoms with Gasteiger partial charge in [0, 0.05) is 16.3 Å². The van der Waals surface area contributed by atoms with Crippen molar-refractivity contribution >= 4 is 33.3 Å². The number of aliphatic hydroxyl groups is 1. The van der Waals surface area contributed by atoms with Crippen LogP contribution < -0.4 is 14.8 Å². The number of aliphatic hydroxyl groups excluding tert-OH is 1. The van der Waals surface area contributed by atoms with Gasteiger partial charge in [-0.2, -0.15) is 0 Å². The number of carbonyl (C=O) groups is 1. The summed E-state index contributed by atoms with van der Waals surface area (Å²) in [7, 11) is -4.09. The first-order valence-electron chi connectivity index (χ1n) is 6.89. The van der Waals surface area contributed by atoms with Crippen molar-refractivity contribution in [2.75, 3.05) is 11.9 Å². The summed E-state index contributed by atoms with van der Waals surface area (Å²) in [6, 6.07) is 9.32. The standard InChI is InChI=1S/C15H13ClN2O5S/c16-9-1-3-10(4-2-9)17-15(20)18-24(21,22)11-5-6-14-12(7-11)13(19)8-23-14/h1-7,13,19H,8H2,(H2,17,18,20). The maximum atomic E-state index is 12.3. The number of benzene rings is 2. The van der Waals surface area contributed by atoms with Crippen molar-refractivity contribution in [2.24, 2.45) is 0 Å². The van der Waals surface area contributed by atoms with E-state index in [1.54, 1.807) is 12.1 Å². The van der Waals surface area contributed by atoms with E-state index in [0.29, 0.717) is 22.0 Å². The molecule has 0 radical (unpaired) electrons. The predicted octanol–water partition coefficient (Wildman–Crippen LogP) is 2.28. The minimum Gasteiger partial charge on any atom is -0.490 e. The average molecular weight is 369 g/mol. The molecule has 126 valence electrons. The molecule has 0 fully saturated rings. The van der Waals surface area contributed by atoms with E-state index in [1.165, 1.54) is 30.3 Å². The quantitative estimate of drug-likeness (QED) is 0.770. The fourth-order valence-corrected chi connectivity index (χ4v) is 3.28. The molecule has 0 saturated heterocycles. The summed E-state index contributed by atoms with van der Waals surface area (Å²) in [6.45, 7) is 0.0727. The number of hydrogen-bond acceptors (Lipinski definition) is 5. The van der Waals surface area contributed by atoms with E-state index in [4.69, 9.17) is 16.3 Å². The summed E-state index contributed by atoms with van der Waals surface area (Å²) in [5.74, 6) is 0.423. The summed E-state index contributed by atoms with van der Waals surface area (Å²) in [4.78, 5) is 11.7. The molecule has 3 rings (SSSR count). The first kappa shape index (κ1) is 16.6. The van der Waals surface area contributed by atoms with Crippen molar-refractivity contribution < 1.29 is 23.1 Å². The molecule has 2 aromatic carbocycles. The van der Waals surface area contributed by atoms with Gasteiger partial charge in [0.25, 0.3) is 10.0 Å². The number of rotatable bonds is 3. The molecule has 0 saturated carbocycles. The molecule has 1 heterocycles. The Morgan fingerprint density at radius 1 is 1.21 bits per heavy atom. The van der Waals surface area contributed by atoms with Crippen molar-refractivity contribution in [1.82, 2.24) is 4.72 Å². The van der Waals surface area contributed by atoms with Crippen LogP contribution >= 0.6 is 11.6 Å². The second-order valence-corrected chi connectivity index (χ2v) is 7.21. The number of carbonyl (C=O) groups excluding carboxylic acids is 1. The highest BCUT2D eigenvalue weighted by atomic mass is 35.5. The maximum Gasteiger partial charge on any atom is 0.333 e.